The molecule has 0 spiro atoms. The minimum atomic E-state index is 0.744. The van der Waals surface area contributed by atoms with Crippen LogP contribution in [-0.2, 0) is 0 Å². The SMILES string of the molecule is C[C@@H]1CCCN(C2CC[C@H](C)NC2)C1. The quantitative estimate of drug-likeness (QED) is 0.688. The maximum Gasteiger partial charge on any atom is 0.0221 e. The zero-order valence-electron chi connectivity index (χ0n) is 9.63. The van der Waals surface area contributed by atoms with E-state index in [9.17, 15) is 0 Å². The molecule has 0 aliphatic carbocycles. The largest absolute Gasteiger partial charge is 0.313 e. The van der Waals surface area contributed by atoms with Crippen LogP contribution in [0.4, 0.5) is 0 Å². The summed E-state index contributed by atoms with van der Waals surface area (Å²) in [6.45, 7) is 8.58. The van der Waals surface area contributed by atoms with E-state index in [0.29, 0.717) is 0 Å². The average Bonchev–Trinajstić information content (AvgIpc) is 2.19. The maximum atomic E-state index is 3.60. The number of nitrogens with one attached hydrogen (secondary N) is 1. The monoisotopic (exact) mass is 196 g/mol. The van der Waals surface area contributed by atoms with Crippen molar-refractivity contribution in [2.24, 2.45) is 5.92 Å². The Bertz CT molecular complexity index is 173. The number of likely N-dealkylation sites (tertiary alicyclic amines) is 1. The maximum absolute atomic E-state index is 3.60. The first-order chi connectivity index (χ1) is 6.75. The van der Waals surface area contributed by atoms with Crippen molar-refractivity contribution in [3.63, 3.8) is 0 Å². The lowest BCUT2D eigenvalue weighted by molar-refractivity contribution is 0.104. The van der Waals surface area contributed by atoms with Crippen molar-refractivity contribution in [1.82, 2.24) is 10.2 Å². The highest BCUT2D eigenvalue weighted by Gasteiger charge is 2.26. The Morgan fingerprint density at radius 1 is 1.14 bits per heavy atom. The minimum absolute atomic E-state index is 0.744. The molecule has 14 heavy (non-hydrogen) atoms. The number of nitrogens with zero attached hydrogens (tertiary/aromatic N) is 1. The second-order valence-corrected chi connectivity index (χ2v) is 5.28. The molecule has 0 aromatic rings. The molecule has 0 saturated carbocycles. The van der Waals surface area contributed by atoms with Crippen LogP contribution >= 0.6 is 0 Å². The topological polar surface area (TPSA) is 15.3 Å². The van der Waals surface area contributed by atoms with Crippen molar-refractivity contribution in [2.45, 2.75) is 51.6 Å². The second kappa shape index (κ2) is 4.63. The third-order valence-corrected chi connectivity index (χ3v) is 3.84. The predicted molar refractivity (Wildman–Crippen MR) is 60.5 cm³/mol. The van der Waals surface area contributed by atoms with Crippen LogP contribution in [0.25, 0.3) is 0 Å². The van der Waals surface area contributed by atoms with Gasteiger partial charge in [-0.2, -0.15) is 0 Å². The Morgan fingerprint density at radius 3 is 2.64 bits per heavy atom. The van der Waals surface area contributed by atoms with Crippen molar-refractivity contribution in [3.05, 3.63) is 0 Å². The Balaban J connectivity index is 1.82. The summed E-state index contributed by atoms with van der Waals surface area (Å²) >= 11 is 0. The second-order valence-electron chi connectivity index (χ2n) is 5.28. The van der Waals surface area contributed by atoms with Gasteiger partial charge in [-0.1, -0.05) is 6.92 Å². The van der Waals surface area contributed by atoms with Crippen LogP contribution in [0.15, 0.2) is 0 Å². The van der Waals surface area contributed by atoms with Crippen molar-refractivity contribution in [2.75, 3.05) is 19.6 Å². The number of hydrogen-bond acceptors (Lipinski definition) is 2. The molecule has 0 amide bonds. The summed E-state index contributed by atoms with van der Waals surface area (Å²) in [6.07, 6.45) is 5.61. The summed E-state index contributed by atoms with van der Waals surface area (Å²) < 4.78 is 0. The third kappa shape index (κ3) is 2.48. The highest BCUT2D eigenvalue weighted by Crippen LogP contribution is 2.21. The highest BCUT2D eigenvalue weighted by molar-refractivity contribution is 4.84. The van der Waals surface area contributed by atoms with Gasteiger partial charge in [-0.15, -0.1) is 0 Å². The van der Waals surface area contributed by atoms with Crippen LogP contribution in [0.1, 0.15) is 39.5 Å². The standard InChI is InChI=1S/C12H24N2/c1-10-4-3-7-14(9-10)12-6-5-11(2)13-8-12/h10-13H,3-9H2,1-2H3/t10-,11+,12?/m1/s1. The molecule has 2 rings (SSSR count). The average molecular weight is 196 g/mol. The highest BCUT2D eigenvalue weighted by atomic mass is 15.2. The number of piperidine rings is 2. The fraction of sp³-hybridized carbons (Fsp3) is 1.00. The Kier molecular flexibility index (Phi) is 3.45. The zero-order valence-corrected chi connectivity index (χ0v) is 9.63. The van der Waals surface area contributed by atoms with E-state index >= 15 is 0 Å². The van der Waals surface area contributed by atoms with Crippen LogP contribution in [0, 0.1) is 5.92 Å². The molecule has 2 fully saturated rings. The summed E-state index contributed by atoms with van der Waals surface area (Å²) in [5.41, 5.74) is 0. The molecule has 2 saturated heterocycles. The molecule has 1 N–H and O–H groups in total. The van der Waals surface area contributed by atoms with E-state index in [1.165, 1.54) is 45.3 Å². The number of hydrogen-bond donors (Lipinski definition) is 1. The van der Waals surface area contributed by atoms with Gasteiger partial charge in [0.2, 0.25) is 0 Å². The molecule has 2 heterocycles. The smallest absolute Gasteiger partial charge is 0.0221 e. The van der Waals surface area contributed by atoms with Crippen LogP contribution in [0.5, 0.6) is 0 Å². The molecular weight excluding hydrogens is 172 g/mol. The molecular formula is C12H24N2. The molecule has 0 aromatic carbocycles. The molecule has 0 aromatic heterocycles. The van der Waals surface area contributed by atoms with Gasteiger partial charge in [0, 0.05) is 25.2 Å². The Hall–Kier alpha value is -0.0800. The lowest BCUT2D eigenvalue weighted by Crippen LogP contribution is -2.51. The van der Waals surface area contributed by atoms with E-state index in [1.54, 1.807) is 0 Å². The van der Waals surface area contributed by atoms with E-state index in [0.717, 1.165) is 18.0 Å². The fourth-order valence-electron chi connectivity index (χ4n) is 2.85. The Labute approximate surface area is 88.1 Å². The van der Waals surface area contributed by atoms with E-state index < -0.39 is 0 Å². The summed E-state index contributed by atoms with van der Waals surface area (Å²) in [6, 6.07) is 1.57. The Morgan fingerprint density at radius 2 is 2.00 bits per heavy atom. The fourth-order valence-corrected chi connectivity index (χ4v) is 2.85. The zero-order chi connectivity index (χ0) is 9.97. The predicted octanol–water partition coefficient (Wildman–Crippen LogP) is 1.86. The molecule has 82 valence electrons. The normalized spacial score (nSPS) is 41.1. The van der Waals surface area contributed by atoms with Gasteiger partial charge in [-0.3, -0.25) is 4.90 Å². The van der Waals surface area contributed by atoms with Gasteiger partial charge >= 0.3 is 0 Å². The third-order valence-electron chi connectivity index (χ3n) is 3.84. The molecule has 2 aliphatic heterocycles. The van der Waals surface area contributed by atoms with Gasteiger partial charge in [0.05, 0.1) is 0 Å². The molecule has 3 atom stereocenters. The van der Waals surface area contributed by atoms with E-state index in [4.69, 9.17) is 0 Å². The van der Waals surface area contributed by atoms with Crippen molar-refractivity contribution < 1.29 is 0 Å². The first-order valence-electron chi connectivity index (χ1n) is 6.23. The molecule has 2 nitrogen and oxygen atoms in total. The molecule has 0 radical (unpaired) electrons. The van der Waals surface area contributed by atoms with E-state index in [-0.39, 0.29) is 0 Å². The summed E-state index contributed by atoms with van der Waals surface area (Å²) in [5.74, 6) is 0.920. The molecule has 2 aliphatic rings. The summed E-state index contributed by atoms with van der Waals surface area (Å²) in [5, 5.41) is 3.60. The van der Waals surface area contributed by atoms with Crippen LogP contribution < -0.4 is 5.32 Å². The molecule has 0 bridgehead atoms. The van der Waals surface area contributed by atoms with Crippen molar-refractivity contribution >= 4 is 0 Å². The minimum Gasteiger partial charge on any atom is -0.313 e. The molecule has 2 heteroatoms. The summed E-state index contributed by atoms with van der Waals surface area (Å²) in [7, 11) is 0. The van der Waals surface area contributed by atoms with E-state index in [1.807, 2.05) is 0 Å². The van der Waals surface area contributed by atoms with Gasteiger partial charge in [0.1, 0.15) is 0 Å². The van der Waals surface area contributed by atoms with Crippen molar-refractivity contribution in [3.8, 4) is 0 Å². The van der Waals surface area contributed by atoms with Gasteiger partial charge in [-0.25, -0.2) is 0 Å². The van der Waals surface area contributed by atoms with Crippen LogP contribution in [0.3, 0.4) is 0 Å². The van der Waals surface area contributed by atoms with E-state index in [2.05, 4.69) is 24.1 Å². The van der Waals surface area contributed by atoms with Gasteiger partial charge in [0.15, 0.2) is 0 Å². The summed E-state index contributed by atoms with van der Waals surface area (Å²) in [4.78, 5) is 2.72. The van der Waals surface area contributed by atoms with Crippen molar-refractivity contribution in [1.29, 1.82) is 0 Å². The van der Waals surface area contributed by atoms with Gasteiger partial charge < -0.3 is 5.32 Å². The van der Waals surface area contributed by atoms with Gasteiger partial charge in [-0.05, 0) is 45.1 Å². The molecule has 1 unspecified atom stereocenters. The lowest BCUT2D eigenvalue weighted by Gasteiger charge is -2.40. The number of rotatable bonds is 1. The van der Waals surface area contributed by atoms with Gasteiger partial charge in [0.25, 0.3) is 0 Å². The van der Waals surface area contributed by atoms with Crippen LogP contribution in [-0.4, -0.2) is 36.6 Å². The van der Waals surface area contributed by atoms with Crippen LogP contribution in [0.2, 0.25) is 0 Å². The first-order valence-corrected chi connectivity index (χ1v) is 6.23. The first kappa shape index (κ1) is 10.4. The lowest BCUT2D eigenvalue weighted by atomic mass is 9.95.